The maximum absolute atomic E-state index is 13.4. The Labute approximate surface area is 273 Å². The van der Waals surface area contributed by atoms with Gasteiger partial charge < -0.3 is 10.0 Å². The second-order valence-corrected chi connectivity index (χ2v) is 17.9. The summed E-state index contributed by atoms with van der Waals surface area (Å²) in [7, 11) is -1.95. The van der Waals surface area contributed by atoms with Crippen molar-refractivity contribution in [1.29, 1.82) is 5.26 Å². The number of aromatic nitrogens is 1. The molecule has 1 N–H and O–H groups in total. The smallest absolute Gasteiger partial charge is 0.268 e. The van der Waals surface area contributed by atoms with Crippen LogP contribution in [-0.4, -0.2) is 51.1 Å². The van der Waals surface area contributed by atoms with E-state index in [1.807, 2.05) is 6.07 Å². The van der Waals surface area contributed by atoms with Crippen molar-refractivity contribution in [3.05, 3.63) is 138 Å². The van der Waals surface area contributed by atoms with Gasteiger partial charge in [0.2, 0.25) is 5.78 Å². The average Bonchev–Trinajstić information content (AvgIpc) is 3.44. The van der Waals surface area contributed by atoms with E-state index in [4.69, 9.17) is 0 Å². The summed E-state index contributed by atoms with van der Waals surface area (Å²) in [5, 5.41) is 22.8. The van der Waals surface area contributed by atoms with Crippen molar-refractivity contribution in [3.63, 3.8) is 0 Å². The number of hydrogen-bond acceptors (Lipinski definition) is 6. The summed E-state index contributed by atoms with van der Waals surface area (Å²) in [5.74, 6) is -0.706. The molecule has 0 bridgehead atoms. The van der Waals surface area contributed by atoms with Gasteiger partial charge in [0, 0.05) is 25.7 Å². The highest BCUT2D eigenvalue weighted by Crippen LogP contribution is 2.29. The van der Waals surface area contributed by atoms with E-state index in [2.05, 4.69) is 81.4 Å². The van der Waals surface area contributed by atoms with Crippen LogP contribution in [0.15, 0.2) is 132 Å². The SMILES string of the molecule is CC(C)(C)[SiH](c1ccccc1)c1ccccc1.CN(C)C=C(C#N)C(=O)c1cc2ccc(CO)cc2n1S(=O)(=O)c1ccccc1. The fourth-order valence-electron chi connectivity index (χ4n) is 5.45. The molecule has 46 heavy (non-hydrogen) atoms. The Hall–Kier alpha value is -4.75. The normalized spacial score (nSPS) is 11.9. The highest BCUT2D eigenvalue weighted by Gasteiger charge is 2.30. The molecule has 0 fully saturated rings. The van der Waals surface area contributed by atoms with Crippen molar-refractivity contribution >= 4 is 45.9 Å². The molecule has 4 aromatic carbocycles. The minimum absolute atomic E-state index is 0.0102. The molecule has 0 unspecified atom stereocenters. The minimum atomic E-state index is -4.13. The van der Waals surface area contributed by atoms with E-state index in [9.17, 15) is 23.6 Å². The molecule has 0 aliphatic carbocycles. The highest BCUT2D eigenvalue weighted by molar-refractivity contribution is 7.90. The lowest BCUT2D eigenvalue weighted by atomic mass is 10.1. The van der Waals surface area contributed by atoms with Crippen LogP contribution in [0.3, 0.4) is 0 Å². The van der Waals surface area contributed by atoms with E-state index in [0.717, 1.165) is 3.97 Å². The molecule has 1 heterocycles. The summed E-state index contributed by atoms with van der Waals surface area (Å²) in [4.78, 5) is 14.6. The third kappa shape index (κ3) is 7.72. The molecular weight excluding hydrogens is 611 g/mol. The number of nitrogens with zero attached hydrogens (tertiary/aromatic N) is 3. The van der Waals surface area contributed by atoms with Gasteiger partial charge in [0.1, 0.15) is 26.1 Å². The third-order valence-electron chi connectivity index (χ3n) is 7.41. The first kappa shape index (κ1) is 34.1. The van der Waals surface area contributed by atoms with Crippen LogP contribution in [0.5, 0.6) is 0 Å². The highest BCUT2D eigenvalue weighted by atomic mass is 32.2. The molecule has 7 nitrogen and oxygen atoms in total. The second-order valence-electron chi connectivity index (χ2n) is 12.2. The van der Waals surface area contributed by atoms with Crippen LogP contribution in [0.1, 0.15) is 36.8 Å². The second kappa shape index (κ2) is 14.6. The number of nitriles is 1. The zero-order valence-electron chi connectivity index (χ0n) is 26.8. The summed E-state index contributed by atoms with van der Waals surface area (Å²) in [6, 6.07) is 37.8. The number of Topliss-reactive ketones (excluding diaryl/α,β-unsaturated/α-hetero) is 1. The lowest BCUT2D eigenvalue weighted by Gasteiger charge is -2.30. The number of aliphatic hydroxyl groups is 1. The topological polar surface area (TPSA) is 103 Å². The van der Waals surface area contributed by atoms with Crippen LogP contribution in [0, 0.1) is 11.3 Å². The Morgan fingerprint density at radius 3 is 1.85 bits per heavy atom. The molecule has 0 aliphatic rings. The first-order valence-electron chi connectivity index (χ1n) is 14.9. The Morgan fingerprint density at radius 1 is 0.870 bits per heavy atom. The van der Waals surface area contributed by atoms with Gasteiger partial charge in [-0.05, 0) is 34.9 Å². The number of benzene rings is 4. The van der Waals surface area contributed by atoms with Gasteiger partial charge in [0.05, 0.1) is 17.0 Å². The fourth-order valence-corrected chi connectivity index (χ4v) is 10.6. The van der Waals surface area contributed by atoms with E-state index < -0.39 is 24.6 Å². The largest absolute Gasteiger partial charge is 0.392 e. The lowest BCUT2D eigenvalue weighted by Crippen LogP contribution is -2.48. The summed E-state index contributed by atoms with van der Waals surface area (Å²) < 4.78 is 27.7. The number of carbonyl (C=O) groups excluding carboxylic acids is 1. The van der Waals surface area contributed by atoms with E-state index >= 15 is 0 Å². The lowest BCUT2D eigenvalue weighted by molar-refractivity contribution is 0.103. The zero-order valence-corrected chi connectivity index (χ0v) is 28.7. The molecule has 1 aromatic heterocycles. The maximum Gasteiger partial charge on any atom is 0.268 e. The van der Waals surface area contributed by atoms with Gasteiger partial charge in [0.25, 0.3) is 10.0 Å². The molecule has 9 heteroatoms. The molecule has 5 aromatic rings. The first-order chi connectivity index (χ1) is 21.9. The van der Waals surface area contributed by atoms with Crippen LogP contribution >= 0.6 is 0 Å². The number of fused-ring (bicyclic) bond motifs is 1. The molecular formula is C37H39N3O4SSi. The number of aliphatic hydroxyl groups excluding tert-OH is 1. The Kier molecular flexibility index (Phi) is 10.8. The molecule has 0 aliphatic heterocycles. The van der Waals surface area contributed by atoms with E-state index in [-0.39, 0.29) is 28.3 Å². The molecule has 5 rings (SSSR count). The predicted molar refractivity (Wildman–Crippen MR) is 188 cm³/mol. The summed E-state index contributed by atoms with van der Waals surface area (Å²) >= 11 is 0. The van der Waals surface area contributed by atoms with Crippen LogP contribution < -0.4 is 10.4 Å². The van der Waals surface area contributed by atoms with Crippen molar-refractivity contribution in [2.75, 3.05) is 14.1 Å². The van der Waals surface area contributed by atoms with E-state index in [1.165, 1.54) is 40.8 Å². The van der Waals surface area contributed by atoms with Gasteiger partial charge in [-0.1, -0.05) is 122 Å². The van der Waals surface area contributed by atoms with Gasteiger partial charge in [-0.3, -0.25) is 4.79 Å². The van der Waals surface area contributed by atoms with Crippen molar-refractivity contribution in [2.45, 2.75) is 37.3 Å². The van der Waals surface area contributed by atoms with Crippen molar-refractivity contribution in [2.24, 2.45) is 0 Å². The molecule has 0 amide bonds. The van der Waals surface area contributed by atoms with Crippen molar-refractivity contribution in [1.82, 2.24) is 8.87 Å². The Bertz CT molecular complexity index is 1940. The fraction of sp³-hybridized carbons (Fsp3) is 0.189. The van der Waals surface area contributed by atoms with Crippen molar-refractivity contribution in [3.8, 4) is 6.07 Å². The van der Waals surface area contributed by atoms with Gasteiger partial charge in [-0.15, -0.1) is 0 Å². The number of carbonyl (C=O) groups is 1. The quantitative estimate of drug-likeness (QED) is 0.105. The number of rotatable bonds is 8. The van der Waals surface area contributed by atoms with E-state index in [0.29, 0.717) is 16.0 Å². The summed E-state index contributed by atoms with van der Waals surface area (Å²) in [5.41, 5.74) is 0.424. The standard InChI is InChI=1S/C21H19N3O4S.C16H20Si/c1-23(2)13-17(12-22)21(26)20-11-16-9-8-15(14-25)10-19(16)24(20)29(27,28)18-6-4-3-5-7-18;1-16(2,3)17(14-10-6-4-7-11-14)15-12-8-5-9-13-15/h3-11,13,25H,14H2,1-2H3;4-13,17H,1-3H3. The maximum atomic E-state index is 13.4. The third-order valence-corrected chi connectivity index (χ3v) is 13.0. The monoisotopic (exact) mass is 649 g/mol. The molecule has 0 atom stereocenters. The van der Waals surface area contributed by atoms with Crippen molar-refractivity contribution < 1.29 is 18.3 Å². The van der Waals surface area contributed by atoms with Crippen LogP contribution in [0.2, 0.25) is 5.04 Å². The van der Waals surface area contributed by atoms with Gasteiger partial charge in [0.15, 0.2) is 0 Å². The Balaban J connectivity index is 0.000000240. The molecule has 0 spiro atoms. The molecule has 0 saturated carbocycles. The van der Waals surface area contributed by atoms with Crippen LogP contribution in [0.4, 0.5) is 0 Å². The number of ketones is 1. The average molecular weight is 650 g/mol. The van der Waals surface area contributed by atoms with Crippen LogP contribution in [-0.2, 0) is 16.6 Å². The van der Waals surface area contributed by atoms with Crippen LogP contribution in [0.25, 0.3) is 10.9 Å². The van der Waals surface area contributed by atoms with E-state index in [1.54, 1.807) is 49.3 Å². The molecule has 0 radical (unpaired) electrons. The molecule has 0 saturated heterocycles. The molecule has 236 valence electrons. The number of hydrogen-bond donors (Lipinski definition) is 1. The number of allylic oxidation sites excluding steroid dienone is 1. The summed E-state index contributed by atoms with van der Waals surface area (Å²) in [6.45, 7) is 6.82. The van der Waals surface area contributed by atoms with Gasteiger partial charge >= 0.3 is 0 Å². The minimum Gasteiger partial charge on any atom is -0.392 e. The van der Waals surface area contributed by atoms with Gasteiger partial charge in [-0.25, -0.2) is 12.4 Å². The predicted octanol–water partition coefficient (Wildman–Crippen LogP) is 5.35. The summed E-state index contributed by atoms with van der Waals surface area (Å²) in [6.07, 6.45) is 1.35. The first-order valence-corrected chi connectivity index (χ1v) is 18.0. The van der Waals surface area contributed by atoms with Gasteiger partial charge in [-0.2, -0.15) is 5.26 Å². The Morgan fingerprint density at radius 2 is 1.39 bits per heavy atom. The zero-order chi connectivity index (χ0) is 33.5.